The molecule has 0 spiro atoms. The maximum absolute atomic E-state index is 12.0. The number of carbonyl (C=O) groups excluding carboxylic acids is 1. The first-order valence-electron chi connectivity index (χ1n) is 5.62. The molecule has 0 aliphatic carbocycles. The van der Waals surface area contributed by atoms with Gasteiger partial charge in [-0.25, -0.2) is 9.67 Å². The van der Waals surface area contributed by atoms with Crippen molar-refractivity contribution in [2.75, 3.05) is 18.8 Å². The van der Waals surface area contributed by atoms with Crippen LogP contribution in [0, 0.1) is 0 Å². The number of amides is 1. The maximum atomic E-state index is 12.0. The van der Waals surface area contributed by atoms with E-state index in [4.69, 9.17) is 10.5 Å². The topological polar surface area (TPSA) is 86.3 Å². The van der Waals surface area contributed by atoms with Crippen LogP contribution in [0.25, 0.3) is 0 Å². The van der Waals surface area contributed by atoms with E-state index in [0.29, 0.717) is 13.1 Å². The molecule has 0 radical (unpaired) electrons. The number of nitrogens with zero attached hydrogens (tertiary/aromatic N) is 4. The van der Waals surface area contributed by atoms with Crippen molar-refractivity contribution in [1.29, 1.82) is 0 Å². The van der Waals surface area contributed by atoms with Crippen LogP contribution >= 0.6 is 0 Å². The van der Waals surface area contributed by atoms with E-state index in [-0.39, 0.29) is 30.6 Å². The van der Waals surface area contributed by atoms with E-state index >= 15 is 0 Å². The molecule has 0 bridgehead atoms. The van der Waals surface area contributed by atoms with Crippen molar-refractivity contribution in [3.05, 3.63) is 6.33 Å². The van der Waals surface area contributed by atoms with Gasteiger partial charge < -0.3 is 15.4 Å². The van der Waals surface area contributed by atoms with E-state index in [1.54, 1.807) is 4.90 Å². The minimum Gasteiger partial charge on any atom is -0.372 e. The summed E-state index contributed by atoms with van der Waals surface area (Å²) in [5.74, 6) is 0.193. The van der Waals surface area contributed by atoms with E-state index in [9.17, 15) is 4.79 Å². The molecule has 1 aliphatic rings. The fourth-order valence-corrected chi connectivity index (χ4v) is 2.01. The largest absolute Gasteiger partial charge is 0.372 e. The molecule has 0 saturated carbocycles. The number of rotatable bonds is 2. The number of nitrogen functional groups attached to an aromatic ring is 1. The van der Waals surface area contributed by atoms with Crippen molar-refractivity contribution < 1.29 is 9.53 Å². The van der Waals surface area contributed by atoms with Gasteiger partial charge in [-0.15, -0.1) is 5.10 Å². The Labute approximate surface area is 99.5 Å². The minimum atomic E-state index is 0.0110. The molecular formula is C10H17N5O2. The Hall–Kier alpha value is -1.63. The second-order valence-corrected chi connectivity index (χ2v) is 4.36. The summed E-state index contributed by atoms with van der Waals surface area (Å²) in [7, 11) is 0. The number of morpholine rings is 1. The van der Waals surface area contributed by atoms with Crippen LogP contribution in [0.4, 0.5) is 5.95 Å². The van der Waals surface area contributed by atoms with Crippen molar-refractivity contribution in [1.82, 2.24) is 19.7 Å². The summed E-state index contributed by atoms with van der Waals surface area (Å²) in [4.78, 5) is 17.6. The lowest BCUT2D eigenvalue weighted by atomic mass is 10.2. The molecule has 2 atom stereocenters. The maximum Gasteiger partial charge on any atom is 0.244 e. The van der Waals surface area contributed by atoms with Gasteiger partial charge in [0.15, 0.2) is 0 Å². The summed E-state index contributed by atoms with van der Waals surface area (Å²) < 4.78 is 7.02. The monoisotopic (exact) mass is 239 g/mol. The molecule has 2 N–H and O–H groups in total. The summed E-state index contributed by atoms with van der Waals surface area (Å²) in [5.41, 5.74) is 5.39. The third-order valence-electron chi connectivity index (χ3n) is 2.62. The Morgan fingerprint density at radius 2 is 2.18 bits per heavy atom. The number of hydrogen-bond donors (Lipinski definition) is 1. The second kappa shape index (κ2) is 4.70. The van der Waals surface area contributed by atoms with Crippen LogP contribution in [0.1, 0.15) is 13.8 Å². The van der Waals surface area contributed by atoms with Gasteiger partial charge in [0.25, 0.3) is 0 Å². The Morgan fingerprint density at radius 3 is 2.71 bits per heavy atom. The molecule has 1 amide bonds. The molecule has 94 valence electrons. The van der Waals surface area contributed by atoms with Crippen LogP contribution in [0.3, 0.4) is 0 Å². The molecule has 1 saturated heterocycles. The van der Waals surface area contributed by atoms with Crippen LogP contribution in [0.15, 0.2) is 6.33 Å². The van der Waals surface area contributed by atoms with E-state index in [2.05, 4.69) is 10.1 Å². The van der Waals surface area contributed by atoms with Gasteiger partial charge in [-0.3, -0.25) is 4.79 Å². The number of ether oxygens (including phenoxy) is 1. The number of aromatic nitrogens is 3. The molecule has 0 unspecified atom stereocenters. The summed E-state index contributed by atoms with van der Waals surface area (Å²) in [5, 5.41) is 3.89. The Balaban J connectivity index is 1.95. The highest BCUT2D eigenvalue weighted by molar-refractivity contribution is 5.76. The zero-order valence-corrected chi connectivity index (χ0v) is 10.0. The first-order chi connectivity index (χ1) is 8.04. The van der Waals surface area contributed by atoms with Gasteiger partial charge in [-0.05, 0) is 13.8 Å². The van der Waals surface area contributed by atoms with Crippen LogP contribution in [0.2, 0.25) is 0 Å². The van der Waals surface area contributed by atoms with Crippen molar-refractivity contribution in [3.63, 3.8) is 0 Å². The van der Waals surface area contributed by atoms with E-state index < -0.39 is 0 Å². The SMILES string of the molecule is C[C@@H]1CN(C(=O)Cn2cnc(N)n2)C[C@H](C)O1. The van der Waals surface area contributed by atoms with Gasteiger partial charge >= 0.3 is 0 Å². The highest BCUT2D eigenvalue weighted by atomic mass is 16.5. The lowest BCUT2D eigenvalue weighted by Gasteiger charge is -2.35. The highest BCUT2D eigenvalue weighted by Crippen LogP contribution is 2.11. The van der Waals surface area contributed by atoms with Gasteiger partial charge in [0.1, 0.15) is 12.9 Å². The highest BCUT2D eigenvalue weighted by Gasteiger charge is 2.25. The normalized spacial score (nSPS) is 24.9. The van der Waals surface area contributed by atoms with Crippen LogP contribution < -0.4 is 5.73 Å². The standard InChI is InChI=1S/C10H17N5O2/c1-7-3-14(4-8(2)17-7)9(16)5-15-6-12-10(11)13-15/h6-8H,3-5H2,1-2H3,(H2,11,13)/t7-,8+. The molecule has 2 rings (SSSR count). The number of anilines is 1. The second-order valence-electron chi connectivity index (χ2n) is 4.36. The van der Waals surface area contributed by atoms with Crippen LogP contribution in [-0.4, -0.2) is 50.9 Å². The van der Waals surface area contributed by atoms with E-state index in [0.717, 1.165) is 0 Å². The van der Waals surface area contributed by atoms with Gasteiger partial charge in [0.2, 0.25) is 11.9 Å². The summed E-state index contributed by atoms with van der Waals surface area (Å²) in [6, 6.07) is 0. The fourth-order valence-electron chi connectivity index (χ4n) is 2.01. The average molecular weight is 239 g/mol. The van der Waals surface area contributed by atoms with Crippen molar-refractivity contribution in [2.24, 2.45) is 0 Å². The van der Waals surface area contributed by atoms with Crippen molar-refractivity contribution >= 4 is 11.9 Å². The number of nitrogens with two attached hydrogens (primary N) is 1. The quantitative estimate of drug-likeness (QED) is 0.751. The zero-order valence-electron chi connectivity index (χ0n) is 10.0. The molecule has 7 heteroatoms. The summed E-state index contributed by atoms with van der Waals surface area (Å²) in [6.07, 6.45) is 1.60. The third kappa shape index (κ3) is 2.94. The summed E-state index contributed by atoms with van der Waals surface area (Å²) >= 11 is 0. The predicted molar refractivity (Wildman–Crippen MR) is 61.0 cm³/mol. The first kappa shape index (κ1) is 11.8. The fraction of sp³-hybridized carbons (Fsp3) is 0.700. The number of hydrogen-bond acceptors (Lipinski definition) is 5. The number of carbonyl (C=O) groups is 1. The summed E-state index contributed by atoms with van der Waals surface area (Å²) in [6.45, 7) is 5.33. The van der Waals surface area contributed by atoms with Gasteiger partial charge in [0, 0.05) is 13.1 Å². The van der Waals surface area contributed by atoms with Crippen molar-refractivity contribution in [3.8, 4) is 0 Å². The Morgan fingerprint density at radius 1 is 1.53 bits per heavy atom. The molecule has 2 heterocycles. The molecule has 17 heavy (non-hydrogen) atoms. The van der Waals surface area contributed by atoms with E-state index in [1.165, 1.54) is 11.0 Å². The van der Waals surface area contributed by atoms with Gasteiger partial charge in [-0.1, -0.05) is 0 Å². The molecule has 0 aromatic carbocycles. The van der Waals surface area contributed by atoms with Gasteiger partial charge in [0.05, 0.1) is 12.2 Å². The molecule has 7 nitrogen and oxygen atoms in total. The minimum absolute atomic E-state index is 0.0110. The molecule has 1 fully saturated rings. The molecule has 1 aliphatic heterocycles. The smallest absolute Gasteiger partial charge is 0.244 e. The van der Waals surface area contributed by atoms with E-state index in [1.807, 2.05) is 13.8 Å². The van der Waals surface area contributed by atoms with Crippen LogP contribution in [0.5, 0.6) is 0 Å². The van der Waals surface area contributed by atoms with Crippen LogP contribution in [-0.2, 0) is 16.1 Å². The lowest BCUT2D eigenvalue weighted by molar-refractivity contribution is -0.144. The average Bonchev–Trinajstić information content (AvgIpc) is 2.62. The zero-order chi connectivity index (χ0) is 12.4. The van der Waals surface area contributed by atoms with Crippen molar-refractivity contribution in [2.45, 2.75) is 32.6 Å². The Bertz CT molecular complexity index is 395. The molecular weight excluding hydrogens is 222 g/mol. The third-order valence-corrected chi connectivity index (χ3v) is 2.62. The molecule has 1 aromatic heterocycles. The molecule has 1 aromatic rings. The van der Waals surface area contributed by atoms with Gasteiger partial charge in [-0.2, -0.15) is 0 Å². The predicted octanol–water partition coefficient (Wildman–Crippen LogP) is -0.504. The first-order valence-corrected chi connectivity index (χ1v) is 5.62. The Kier molecular flexibility index (Phi) is 3.28. The lowest BCUT2D eigenvalue weighted by Crippen LogP contribution is -2.49.